The Kier molecular flexibility index (Phi) is 7.52. The summed E-state index contributed by atoms with van der Waals surface area (Å²) in [5, 5.41) is 23.0. The van der Waals surface area contributed by atoms with Crippen molar-refractivity contribution in [2.75, 3.05) is 0 Å². The van der Waals surface area contributed by atoms with E-state index in [1.165, 1.54) is 140 Å². The molecule has 16 rings (SSSR count). The van der Waals surface area contributed by atoms with Gasteiger partial charge in [-0.2, -0.15) is 0 Å². The van der Waals surface area contributed by atoms with Crippen molar-refractivity contribution in [3.63, 3.8) is 0 Å². The van der Waals surface area contributed by atoms with Gasteiger partial charge >= 0.3 is 0 Å². The largest absolute Gasteiger partial charge is 0.309 e. The van der Waals surface area contributed by atoms with E-state index in [-0.39, 0.29) is 0 Å². The van der Waals surface area contributed by atoms with E-state index in [2.05, 4.69) is 240 Å². The maximum Gasteiger partial charge on any atom is 0.0562 e. The predicted octanol–water partition coefficient (Wildman–Crippen LogP) is 18.8. The van der Waals surface area contributed by atoms with Gasteiger partial charge in [0.2, 0.25) is 0 Å². The molecule has 13 aromatic carbocycles. The summed E-state index contributed by atoms with van der Waals surface area (Å²) >= 11 is 1.87. The van der Waals surface area contributed by atoms with Gasteiger partial charge in [-0.1, -0.05) is 158 Å². The van der Waals surface area contributed by atoms with E-state index in [1.54, 1.807) is 0 Å². The third kappa shape index (κ3) is 5.20. The lowest BCUT2D eigenvalue weighted by atomic mass is 9.93. The Hall–Kier alpha value is -8.76. The van der Waals surface area contributed by atoms with Gasteiger partial charge in [0.15, 0.2) is 0 Å². The molecule has 0 saturated heterocycles. The summed E-state index contributed by atoms with van der Waals surface area (Å²) in [6.07, 6.45) is 0. The molecule has 0 aliphatic heterocycles. The molecule has 2 nitrogen and oxygen atoms in total. The zero-order valence-corrected chi connectivity index (χ0v) is 38.1. The Morgan fingerprint density at radius 3 is 1.12 bits per heavy atom. The first-order valence-corrected chi connectivity index (χ1v) is 24.6. The molecule has 0 aliphatic rings. The van der Waals surface area contributed by atoms with Gasteiger partial charge in [0.1, 0.15) is 0 Å². The number of nitrogens with zero attached hydrogens (tertiary/aromatic N) is 2. The molecule has 318 valence electrons. The molecule has 0 spiro atoms. The maximum absolute atomic E-state index is 2.54. The molecule has 3 heteroatoms. The van der Waals surface area contributed by atoms with Crippen LogP contribution < -0.4 is 0 Å². The molecule has 0 amide bonds. The second-order valence-electron chi connectivity index (χ2n) is 18.8. The summed E-state index contributed by atoms with van der Waals surface area (Å²) in [7, 11) is 0. The first-order chi connectivity index (χ1) is 34.2. The van der Waals surface area contributed by atoms with Crippen molar-refractivity contribution in [2.24, 2.45) is 0 Å². The molecule has 16 aromatic rings. The number of aromatic nitrogens is 2. The van der Waals surface area contributed by atoms with Crippen molar-refractivity contribution < 1.29 is 0 Å². The van der Waals surface area contributed by atoms with Crippen LogP contribution in [0.25, 0.3) is 151 Å². The van der Waals surface area contributed by atoms with Crippen LogP contribution >= 0.6 is 11.3 Å². The third-order valence-electron chi connectivity index (χ3n) is 15.2. The minimum atomic E-state index is 1.14. The van der Waals surface area contributed by atoms with Crippen LogP contribution in [0.1, 0.15) is 0 Å². The first-order valence-electron chi connectivity index (χ1n) is 23.8. The topological polar surface area (TPSA) is 9.86 Å². The molecular formula is C66H38N2S. The fourth-order valence-corrected chi connectivity index (χ4v) is 13.3. The fourth-order valence-electron chi connectivity index (χ4n) is 12.2. The molecule has 0 radical (unpaired) electrons. The van der Waals surface area contributed by atoms with E-state index in [9.17, 15) is 0 Å². The summed E-state index contributed by atoms with van der Waals surface area (Å²) in [6, 6.07) is 86.5. The van der Waals surface area contributed by atoms with Gasteiger partial charge in [-0.25, -0.2) is 0 Å². The van der Waals surface area contributed by atoms with Crippen molar-refractivity contribution in [3.8, 4) is 22.5 Å². The van der Waals surface area contributed by atoms with Gasteiger partial charge in [0, 0.05) is 53.1 Å². The normalized spacial score (nSPS) is 12.3. The first kappa shape index (κ1) is 37.3. The highest BCUT2D eigenvalue weighted by Gasteiger charge is 2.22. The number of benzene rings is 13. The lowest BCUT2D eigenvalue weighted by molar-refractivity contribution is 1.17. The molecule has 69 heavy (non-hydrogen) atoms. The number of hydrogen-bond donors (Lipinski definition) is 0. The smallest absolute Gasteiger partial charge is 0.0562 e. The van der Waals surface area contributed by atoms with Crippen LogP contribution in [0.15, 0.2) is 231 Å². The number of hydrogen-bond acceptors (Lipinski definition) is 1. The monoisotopic (exact) mass is 890 g/mol. The van der Waals surface area contributed by atoms with Crippen molar-refractivity contribution in [1.29, 1.82) is 0 Å². The fraction of sp³-hybridized carbons (Fsp3) is 0. The lowest BCUT2D eigenvalue weighted by Gasteiger charge is -2.13. The van der Waals surface area contributed by atoms with E-state index in [1.807, 2.05) is 11.3 Å². The van der Waals surface area contributed by atoms with E-state index < -0.39 is 0 Å². The summed E-state index contributed by atoms with van der Waals surface area (Å²) in [6.45, 7) is 0. The minimum Gasteiger partial charge on any atom is -0.309 e. The molecule has 0 aliphatic carbocycles. The summed E-state index contributed by atoms with van der Waals surface area (Å²) < 4.78 is 7.68. The van der Waals surface area contributed by atoms with Crippen molar-refractivity contribution in [1.82, 2.24) is 9.13 Å². The SMILES string of the molecule is c1ccc(-n2c3cc4c5ccccc5c5ccccc5c4cc3c3cc4c5cc6c7ccccc7c7ccccc7c6cc5n(-c5cccc(-c6ccc7c(c6)sc6ccccc67)c5)c4cc32)cc1. The quantitative estimate of drug-likeness (QED) is 0.156. The van der Waals surface area contributed by atoms with E-state index in [4.69, 9.17) is 0 Å². The molecule has 3 heterocycles. The Morgan fingerprint density at radius 1 is 0.203 bits per heavy atom. The van der Waals surface area contributed by atoms with E-state index >= 15 is 0 Å². The molecule has 0 atom stereocenters. The van der Waals surface area contributed by atoms with Crippen molar-refractivity contribution >= 4 is 140 Å². The van der Waals surface area contributed by atoms with Crippen LogP contribution in [0.5, 0.6) is 0 Å². The second-order valence-corrected chi connectivity index (χ2v) is 19.8. The maximum atomic E-state index is 2.54. The van der Waals surface area contributed by atoms with Gasteiger partial charge in [-0.3, -0.25) is 0 Å². The van der Waals surface area contributed by atoms with Crippen molar-refractivity contribution in [2.45, 2.75) is 0 Å². The summed E-state index contributed by atoms with van der Waals surface area (Å²) in [4.78, 5) is 0. The molecule has 0 unspecified atom stereocenters. The van der Waals surface area contributed by atoms with Crippen LogP contribution in [-0.4, -0.2) is 9.13 Å². The van der Waals surface area contributed by atoms with Gasteiger partial charge in [-0.05, 0) is 149 Å². The highest BCUT2D eigenvalue weighted by atomic mass is 32.1. The van der Waals surface area contributed by atoms with Gasteiger partial charge < -0.3 is 9.13 Å². The number of para-hydroxylation sites is 1. The Bertz CT molecular complexity index is 4890. The summed E-state index contributed by atoms with van der Waals surface area (Å²) in [5.74, 6) is 0. The number of fused-ring (bicyclic) bond motifs is 21. The average Bonchev–Trinajstić information content (AvgIpc) is 4.06. The number of rotatable bonds is 3. The van der Waals surface area contributed by atoms with Crippen LogP contribution in [0.3, 0.4) is 0 Å². The van der Waals surface area contributed by atoms with Gasteiger partial charge in [0.25, 0.3) is 0 Å². The molecule has 0 N–H and O–H groups in total. The zero-order valence-electron chi connectivity index (χ0n) is 37.2. The van der Waals surface area contributed by atoms with E-state index in [0.717, 1.165) is 11.4 Å². The molecule has 0 saturated carbocycles. The molecule has 3 aromatic heterocycles. The highest BCUT2D eigenvalue weighted by Crippen LogP contribution is 2.46. The van der Waals surface area contributed by atoms with Crippen LogP contribution in [0.4, 0.5) is 0 Å². The predicted molar refractivity (Wildman–Crippen MR) is 298 cm³/mol. The van der Waals surface area contributed by atoms with Crippen LogP contribution in [0, 0.1) is 0 Å². The molecule has 0 bridgehead atoms. The standard InChI is InChI=1S/C66H38N2S/c1-2-16-41(17-3-1)67-61-36-55-49-25-10-6-21-45(49)43-19-4-8-23-47(43)53(55)33-57(61)59-35-60-58-34-54-48-24-9-5-20-44(48)46-22-7-11-26-50(46)56(54)37-62(58)68(64(60)38-63(59)67)42-18-14-15-39(31-42)40-29-30-52-51-27-12-13-28-65(51)69-66(52)32-40/h1-38H. The van der Waals surface area contributed by atoms with E-state index in [0.29, 0.717) is 0 Å². The summed E-state index contributed by atoms with van der Waals surface area (Å²) in [5.41, 5.74) is 9.46. The van der Waals surface area contributed by atoms with Crippen LogP contribution in [0.2, 0.25) is 0 Å². The van der Waals surface area contributed by atoms with Crippen molar-refractivity contribution in [3.05, 3.63) is 231 Å². The molecule has 0 fully saturated rings. The second kappa shape index (κ2) is 13.9. The molecular weight excluding hydrogens is 853 g/mol. The Balaban J connectivity index is 1.05. The van der Waals surface area contributed by atoms with Gasteiger partial charge in [0.05, 0.1) is 22.1 Å². The third-order valence-corrected chi connectivity index (χ3v) is 16.3. The Labute approximate surface area is 399 Å². The van der Waals surface area contributed by atoms with Crippen LogP contribution in [-0.2, 0) is 0 Å². The highest BCUT2D eigenvalue weighted by molar-refractivity contribution is 7.25. The minimum absolute atomic E-state index is 1.14. The Morgan fingerprint density at radius 2 is 0.580 bits per heavy atom. The zero-order chi connectivity index (χ0) is 44.9. The average molecular weight is 891 g/mol. The van der Waals surface area contributed by atoms with Gasteiger partial charge in [-0.15, -0.1) is 11.3 Å². The number of thiophene rings is 1. The lowest BCUT2D eigenvalue weighted by Crippen LogP contribution is -1.96.